The van der Waals surface area contributed by atoms with Crippen LogP contribution in [0.5, 0.6) is 0 Å². The number of halogens is 1. The van der Waals surface area contributed by atoms with Gasteiger partial charge in [-0.1, -0.05) is 12.1 Å². The molecule has 3 rings (SSSR count). The van der Waals surface area contributed by atoms with Gasteiger partial charge in [0.05, 0.1) is 13.2 Å². The molecule has 2 aromatic carbocycles. The second-order valence-electron chi connectivity index (χ2n) is 5.82. The lowest BCUT2D eigenvalue weighted by Crippen LogP contribution is -2.36. The highest BCUT2D eigenvalue weighted by molar-refractivity contribution is 5.91. The average molecular weight is 328 g/mol. The summed E-state index contributed by atoms with van der Waals surface area (Å²) >= 11 is 0. The molecule has 1 heterocycles. The van der Waals surface area contributed by atoms with Gasteiger partial charge in [-0.3, -0.25) is 4.79 Å². The van der Waals surface area contributed by atoms with Gasteiger partial charge in [0.25, 0.3) is 0 Å². The van der Waals surface area contributed by atoms with Crippen LogP contribution in [0.25, 0.3) is 0 Å². The standard InChI is InChI=1S/C19H21FN2O2/c20-16-4-1-15(2-5-16)3-10-19(23)21-17-6-8-18(9-7-17)22-11-13-24-14-12-22/h1-2,4-9H,3,10-14H2,(H,21,23). The summed E-state index contributed by atoms with van der Waals surface area (Å²) in [6.45, 7) is 3.29. The number of carbonyl (C=O) groups is 1. The van der Waals surface area contributed by atoms with Crippen molar-refractivity contribution < 1.29 is 13.9 Å². The summed E-state index contributed by atoms with van der Waals surface area (Å²) in [6, 6.07) is 14.1. The van der Waals surface area contributed by atoms with Crippen LogP contribution in [-0.2, 0) is 16.0 Å². The van der Waals surface area contributed by atoms with Crippen molar-refractivity contribution in [1.29, 1.82) is 0 Å². The Balaban J connectivity index is 1.49. The van der Waals surface area contributed by atoms with Crippen molar-refractivity contribution in [3.8, 4) is 0 Å². The van der Waals surface area contributed by atoms with Crippen LogP contribution in [0.15, 0.2) is 48.5 Å². The number of carbonyl (C=O) groups excluding carboxylic acids is 1. The zero-order valence-corrected chi connectivity index (χ0v) is 13.5. The number of aryl methyl sites for hydroxylation is 1. The van der Waals surface area contributed by atoms with Crippen LogP contribution in [0.3, 0.4) is 0 Å². The highest BCUT2D eigenvalue weighted by atomic mass is 19.1. The van der Waals surface area contributed by atoms with Crippen LogP contribution >= 0.6 is 0 Å². The second-order valence-corrected chi connectivity index (χ2v) is 5.82. The molecule has 2 aromatic rings. The van der Waals surface area contributed by atoms with Crippen molar-refractivity contribution in [2.45, 2.75) is 12.8 Å². The molecule has 1 N–H and O–H groups in total. The van der Waals surface area contributed by atoms with E-state index in [9.17, 15) is 9.18 Å². The Hall–Kier alpha value is -2.40. The van der Waals surface area contributed by atoms with Crippen LogP contribution in [0, 0.1) is 5.82 Å². The first-order chi connectivity index (χ1) is 11.7. The van der Waals surface area contributed by atoms with Gasteiger partial charge in [-0.15, -0.1) is 0 Å². The third-order valence-corrected chi connectivity index (χ3v) is 4.08. The fourth-order valence-corrected chi connectivity index (χ4v) is 2.71. The molecule has 5 heteroatoms. The van der Waals surface area contributed by atoms with Crippen molar-refractivity contribution in [3.63, 3.8) is 0 Å². The molecule has 1 amide bonds. The number of benzene rings is 2. The van der Waals surface area contributed by atoms with E-state index in [4.69, 9.17) is 4.74 Å². The highest BCUT2D eigenvalue weighted by Gasteiger charge is 2.11. The first kappa shape index (κ1) is 16.5. The number of amides is 1. The molecule has 0 bridgehead atoms. The quantitative estimate of drug-likeness (QED) is 0.916. The number of hydrogen-bond acceptors (Lipinski definition) is 3. The minimum atomic E-state index is -0.261. The Kier molecular flexibility index (Phi) is 5.43. The number of nitrogens with zero attached hydrogens (tertiary/aromatic N) is 1. The number of anilines is 2. The minimum Gasteiger partial charge on any atom is -0.378 e. The van der Waals surface area contributed by atoms with E-state index in [2.05, 4.69) is 10.2 Å². The average Bonchev–Trinajstić information content (AvgIpc) is 2.63. The molecule has 24 heavy (non-hydrogen) atoms. The lowest BCUT2D eigenvalue weighted by atomic mass is 10.1. The van der Waals surface area contributed by atoms with Gasteiger partial charge in [0.15, 0.2) is 0 Å². The highest BCUT2D eigenvalue weighted by Crippen LogP contribution is 2.19. The van der Waals surface area contributed by atoms with Gasteiger partial charge in [-0.2, -0.15) is 0 Å². The lowest BCUT2D eigenvalue weighted by Gasteiger charge is -2.28. The smallest absolute Gasteiger partial charge is 0.224 e. The molecule has 0 spiro atoms. The predicted molar refractivity (Wildman–Crippen MR) is 92.8 cm³/mol. The Morgan fingerprint density at radius 1 is 1.04 bits per heavy atom. The van der Waals surface area contributed by atoms with Crippen molar-refractivity contribution in [3.05, 3.63) is 59.9 Å². The molecule has 0 aromatic heterocycles. The number of morpholine rings is 1. The third kappa shape index (κ3) is 4.55. The Morgan fingerprint density at radius 3 is 2.38 bits per heavy atom. The van der Waals surface area contributed by atoms with E-state index in [1.54, 1.807) is 12.1 Å². The van der Waals surface area contributed by atoms with E-state index in [-0.39, 0.29) is 11.7 Å². The molecule has 0 aliphatic carbocycles. The number of ether oxygens (including phenoxy) is 1. The van der Waals surface area contributed by atoms with Gasteiger partial charge in [-0.25, -0.2) is 4.39 Å². The number of hydrogen-bond donors (Lipinski definition) is 1. The summed E-state index contributed by atoms with van der Waals surface area (Å²) in [5.74, 6) is -0.304. The Morgan fingerprint density at radius 2 is 1.71 bits per heavy atom. The normalized spacial score (nSPS) is 14.5. The second kappa shape index (κ2) is 7.93. The van der Waals surface area contributed by atoms with E-state index in [1.165, 1.54) is 12.1 Å². The first-order valence-electron chi connectivity index (χ1n) is 8.18. The van der Waals surface area contributed by atoms with Gasteiger partial charge in [0.2, 0.25) is 5.91 Å². The van der Waals surface area contributed by atoms with E-state index >= 15 is 0 Å². The molecule has 1 aliphatic rings. The van der Waals surface area contributed by atoms with Crippen LogP contribution in [0.4, 0.5) is 15.8 Å². The summed E-state index contributed by atoms with van der Waals surface area (Å²) < 4.78 is 18.2. The number of rotatable bonds is 5. The van der Waals surface area contributed by atoms with Crippen molar-refractivity contribution in [2.24, 2.45) is 0 Å². The Labute approximate surface area is 141 Å². The minimum absolute atomic E-state index is 0.0431. The third-order valence-electron chi connectivity index (χ3n) is 4.08. The topological polar surface area (TPSA) is 41.6 Å². The zero-order valence-electron chi connectivity index (χ0n) is 13.5. The summed E-state index contributed by atoms with van der Waals surface area (Å²) in [4.78, 5) is 14.3. The summed E-state index contributed by atoms with van der Waals surface area (Å²) in [7, 11) is 0. The van der Waals surface area contributed by atoms with Gasteiger partial charge in [0, 0.05) is 30.9 Å². The van der Waals surface area contributed by atoms with Crippen LogP contribution in [0.1, 0.15) is 12.0 Å². The molecule has 4 nitrogen and oxygen atoms in total. The molecular weight excluding hydrogens is 307 g/mol. The van der Waals surface area contributed by atoms with Gasteiger partial charge < -0.3 is 15.0 Å². The monoisotopic (exact) mass is 328 g/mol. The maximum absolute atomic E-state index is 12.9. The Bertz CT molecular complexity index is 665. The van der Waals surface area contributed by atoms with Crippen molar-refractivity contribution >= 4 is 17.3 Å². The summed E-state index contributed by atoms with van der Waals surface area (Å²) in [5, 5.41) is 2.90. The largest absolute Gasteiger partial charge is 0.378 e. The lowest BCUT2D eigenvalue weighted by molar-refractivity contribution is -0.116. The molecule has 1 saturated heterocycles. The molecular formula is C19H21FN2O2. The van der Waals surface area contributed by atoms with E-state index in [1.807, 2.05) is 24.3 Å². The molecule has 1 fully saturated rings. The fourth-order valence-electron chi connectivity index (χ4n) is 2.71. The van der Waals surface area contributed by atoms with E-state index in [0.717, 1.165) is 43.2 Å². The molecule has 126 valence electrons. The molecule has 0 unspecified atom stereocenters. The zero-order chi connectivity index (χ0) is 16.8. The summed E-state index contributed by atoms with van der Waals surface area (Å²) in [6.07, 6.45) is 0.967. The maximum atomic E-state index is 12.9. The fraction of sp³-hybridized carbons (Fsp3) is 0.316. The van der Waals surface area contributed by atoms with Crippen LogP contribution < -0.4 is 10.2 Å². The molecule has 1 aliphatic heterocycles. The number of nitrogens with one attached hydrogen (secondary N) is 1. The van der Waals surface area contributed by atoms with Crippen LogP contribution in [0.2, 0.25) is 0 Å². The van der Waals surface area contributed by atoms with Gasteiger partial charge in [-0.05, 0) is 48.4 Å². The van der Waals surface area contributed by atoms with E-state index < -0.39 is 0 Å². The van der Waals surface area contributed by atoms with Crippen molar-refractivity contribution in [1.82, 2.24) is 0 Å². The maximum Gasteiger partial charge on any atom is 0.224 e. The molecule has 0 atom stereocenters. The van der Waals surface area contributed by atoms with Gasteiger partial charge in [0.1, 0.15) is 5.82 Å². The van der Waals surface area contributed by atoms with Crippen LogP contribution in [-0.4, -0.2) is 32.2 Å². The summed E-state index contributed by atoms with van der Waals surface area (Å²) in [5.41, 5.74) is 2.88. The van der Waals surface area contributed by atoms with Crippen molar-refractivity contribution in [2.75, 3.05) is 36.5 Å². The molecule has 0 radical (unpaired) electrons. The molecule has 0 saturated carbocycles. The van der Waals surface area contributed by atoms with Gasteiger partial charge >= 0.3 is 0 Å². The first-order valence-corrected chi connectivity index (χ1v) is 8.18. The predicted octanol–water partition coefficient (Wildman–Crippen LogP) is 3.23. The SMILES string of the molecule is O=C(CCc1ccc(F)cc1)Nc1ccc(N2CCOCC2)cc1. The van der Waals surface area contributed by atoms with E-state index in [0.29, 0.717) is 12.8 Å².